The van der Waals surface area contributed by atoms with E-state index in [4.69, 9.17) is 5.26 Å². The quantitative estimate of drug-likeness (QED) is 0.848. The van der Waals surface area contributed by atoms with Gasteiger partial charge in [-0.2, -0.15) is 5.26 Å². The number of nitrogens with zero attached hydrogens (tertiary/aromatic N) is 2. The molecule has 0 unspecified atom stereocenters. The second-order valence-electron chi connectivity index (χ2n) is 5.55. The number of rotatable bonds is 5. The Balaban J connectivity index is 1.90. The monoisotopic (exact) mass is 279 g/mol. The molecule has 2 aromatic rings. The van der Waals surface area contributed by atoms with Crippen molar-refractivity contribution in [2.45, 2.75) is 32.2 Å². The summed E-state index contributed by atoms with van der Waals surface area (Å²) in [5.41, 5.74) is 4.15. The minimum Gasteiger partial charge on any atom is -0.347 e. The summed E-state index contributed by atoms with van der Waals surface area (Å²) in [6.07, 6.45) is 8.40. The molecule has 1 aliphatic heterocycles. The van der Waals surface area contributed by atoms with E-state index in [1.54, 1.807) is 0 Å². The molecule has 1 N–H and O–H groups in total. The lowest BCUT2D eigenvalue weighted by molar-refractivity contribution is 0.631. The van der Waals surface area contributed by atoms with Gasteiger partial charge in [-0.25, -0.2) is 0 Å². The van der Waals surface area contributed by atoms with Crippen molar-refractivity contribution in [1.29, 1.82) is 5.26 Å². The number of hydrogen-bond donors (Lipinski definition) is 1. The maximum atomic E-state index is 8.64. The number of aryl methyl sites for hydroxylation is 1. The molecule has 1 aliphatic rings. The van der Waals surface area contributed by atoms with Crippen molar-refractivity contribution in [2.24, 2.45) is 0 Å². The van der Waals surface area contributed by atoms with Gasteiger partial charge in [-0.1, -0.05) is 24.3 Å². The van der Waals surface area contributed by atoms with Crippen molar-refractivity contribution < 1.29 is 0 Å². The number of para-hydroxylation sites is 1. The van der Waals surface area contributed by atoms with E-state index in [-0.39, 0.29) is 0 Å². The molecule has 1 aromatic heterocycles. The van der Waals surface area contributed by atoms with Crippen LogP contribution in [0.1, 0.15) is 31.2 Å². The molecule has 3 heteroatoms. The van der Waals surface area contributed by atoms with Crippen LogP contribution in [0.5, 0.6) is 0 Å². The average molecular weight is 279 g/mol. The SMILES string of the molecule is N#CCCCCn1cc(C2=CCNCC2)c2ccccc21. The molecule has 3 rings (SSSR count). The third kappa shape index (κ3) is 3.01. The topological polar surface area (TPSA) is 40.8 Å². The Labute approximate surface area is 125 Å². The van der Waals surface area contributed by atoms with Crippen LogP contribution in [0.15, 0.2) is 36.5 Å². The zero-order valence-corrected chi connectivity index (χ0v) is 12.3. The summed E-state index contributed by atoms with van der Waals surface area (Å²) >= 11 is 0. The van der Waals surface area contributed by atoms with Gasteiger partial charge in [0, 0.05) is 42.2 Å². The Bertz CT molecular complexity index is 688. The van der Waals surface area contributed by atoms with Crippen LogP contribution in [-0.4, -0.2) is 17.7 Å². The highest BCUT2D eigenvalue weighted by Crippen LogP contribution is 2.30. The third-order valence-corrected chi connectivity index (χ3v) is 4.14. The van der Waals surface area contributed by atoms with Crippen molar-refractivity contribution >= 4 is 16.5 Å². The second-order valence-corrected chi connectivity index (χ2v) is 5.55. The predicted octanol–water partition coefficient (Wildman–Crippen LogP) is 3.71. The van der Waals surface area contributed by atoms with Gasteiger partial charge in [-0.15, -0.1) is 0 Å². The zero-order chi connectivity index (χ0) is 14.5. The van der Waals surface area contributed by atoms with Crippen LogP contribution >= 0.6 is 0 Å². The fourth-order valence-corrected chi connectivity index (χ4v) is 3.04. The van der Waals surface area contributed by atoms with Crippen LogP contribution in [0.3, 0.4) is 0 Å². The van der Waals surface area contributed by atoms with Gasteiger partial charge in [0.25, 0.3) is 0 Å². The van der Waals surface area contributed by atoms with Gasteiger partial charge in [-0.3, -0.25) is 0 Å². The molecular weight excluding hydrogens is 258 g/mol. The van der Waals surface area contributed by atoms with Crippen LogP contribution in [-0.2, 0) is 6.54 Å². The standard InChI is InChI=1S/C18H21N3/c19-10-4-1-5-13-21-14-17(15-8-11-20-12-9-15)16-6-2-3-7-18(16)21/h2-3,6-8,14,20H,1,4-5,9,11-13H2. The van der Waals surface area contributed by atoms with E-state index in [1.807, 2.05) is 0 Å². The van der Waals surface area contributed by atoms with Gasteiger partial charge in [0.1, 0.15) is 0 Å². The fourth-order valence-electron chi connectivity index (χ4n) is 3.04. The smallest absolute Gasteiger partial charge is 0.0621 e. The molecular formula is C18H21N3. The summed E-state index contributed by atoms with van der Waals surface area (Å²) in [5.74, 6) is 0. The van der Waals surface area contributed by atoms with Crippen LogP contribution in [0.2, 0.25) is 0 Å². The molecule has 0 amide bonds. The first-order chi connectivity index (χ1) is 10.4. The number of hydrogen-bond acceptors (Lipinski definition) is 2. The van der Waals surface area contributed by atoms with Crippen molar-refractivity contribution in [2.75, 3.05) is 13.1 Å². The molecule has 0 atom stereocenters. The molecule has 0 radical (unpaired) electrons. The van der Waals surface area contributed by atoms with Crippen molar-refractivity contribution in [1.82, 2.24) is 9.88 Å². The number of benzene rings is 1. The Hall–Kier alpha value is -2.05. The molecule has 0 saturated heterocycles. The lowest BCUT2D eigenvalue weighted by Gasteiger charge is -2.13. The van der Waals surface area contributed by atoms with Gasteiger partial charge >= 0.3 is 0 Å². The molecule has 0 saturated carbocycles. The number of aromatic nitrogens is 1. The largest absolute Gasteiger partial charge is 0.347 e. The molecule has 21 heavy (non-hydrogen) atoms. The lowest BCUT2D eigenvalue weighted by atomic mass is 10.00. The van der Waals surface area contributed by atoms with E-state index in [0.717, 1.165) is 38.9 Å². The molecule has 2 heterocycles. The van der Waals surface area contributed by atoms with Crippen LogP contribution < -0.4 is 5.32 Å². The summed E-state index contributed by atoms with van der Waals surface area (Å²) in [4.78, 5) is 0. The molecule has 0 spiro atoms. The van der Waals surface area contributed by atoms with E-state index >= 15 is 0 Å². The second kappa shape index (κ2) is 6.60. The minimum atomic E-state index is 0.656. The normalized spacial score (nSPS) is 14.9. The number of unbranched alkanes of at least 4 members (excludes halogenated alkanes) is 2. The predicted molar refractivity (Wildman–Crippen MR) is 86.9 cm³/mol. The van der Waals surface area contributed by atoms with E-state index in [2.05, 4.69) is 52.5 Å². The first-order valence-corrected chi connectivity index (χ1v) is 7.75. The van der Waals surface area contributed by atoms with E-state index in [1.165, 1.54) is 22.0 Å². The van der Waals surface area contributed by atoms with Crippen LogP contribution in [0.4, 0.5) is 0 Å². The first-order valence-electron chi connectivity index (χ1n) is 7.75. The Morgan fingerprint density at radius 1 is 1.24 bits per heavy atom. The molecule has 0 bridgehead atoms. The summed E-state index contributed by atoms with van der Waals surface area (Å²) < 4.78 is 2.35. The molecule has 1 aromatic carbocycles. The number of nitrogens with one attached hydrogen (secondary N) is 1. The summed E-state index contributed by atoms with van der Waals surface area (Å²) in [7, 11) is 0. The number of nitriles is 1. The van der Waals surface area contributed by atoms with Gasteiger partial charge in [0.2, 0.25) is 0 Å². The highest BCUT2D eigenvalue weighted by Gasteiger charge is 2.13. The highest BCUT2D eigenvalue weighted by atomic mass is 15.0. The molecule has 0 fully saturated rings. The lowest BCUT2D eigenvalue weighted by Crippen LogP contribution is -2.19. The molecule has 0 aliphatic carbocycles. The average Bonchev–Trinajstić information content (AvgIpc) is 2.92. The Morgan fingerprint density at radius 2 is 2.14 bits per heavy atom. The Kier molecular flexibility index (Phi) is 4.37. The van der Waals surface area contributed by atoms with Gasteiger partial charge < -0.3 is 9.88 Å². The molecule has 108 valence electrons. The fraction of sp³-hybridized carbons (Fsp3) is 0.389. The molecule has 3 nitrogen and oxygen atoms in total. The third-order valence-electron chi connectivity index (χ3n) is 4.14. The highest BCUT2D eigenvalue weighted by molar-refractivity contribution is 5.93. The van der Waals surface area contributed by atoms with E-state index < -0.39 is 0 Å². The zero-order valence-electron chi connectivity index (χ0n) is 12.3. The maximum Gasteiger partial charge on any atom is 0.0621 e. The summed E-state index contributed by atoms with van der Waals surface area (Å²) in [6.45, 7) is 3.03. The van der Waals surface area contributed by atoms with Gasteiger partial charge in [-0.05, 0) is 37.4 Å². The maximum absolute atomic E-state index is 8.64. The van der Waals surface area contributed by atoms with Crippen LogP contribution in [0, 0.1) is 11.3 Å². The van der Waals surface area contributed by atoms with Gasteiger partial charge in [0.15, 0.2) is 0 Å². The van der Waals surface area contributed by atoms with Crippen molar-refractivity contribution in [3.63, 3.8) is 0 Å². The summed E-state index contributed by atoms with van der Waals surface area (Å²) in [6, 6.07) is 10.9. The summed E-state index contributed by atoms with van der Waals surface area (Å²) in [5, 5.41) is 13.4. The van der Waals surface area contributed by atoms with Crippen molar-refractivity contribution in [3.05, 3.63) is 42.1 Å². The Morgan fingerprint density at radius 3 is 2.95 bits per heavy atom. The van der Waals surface area contributed by atoms with E-state index in [0.29, 0.717) is 6.42 Å². The first kappa shape index (κ1) is 13.9. The van der Waals surface area contributed by atoms with Crippen molar-refractivity contribution in [3.8, 4) is 6.07 Å². The van der Waals surface area contributed by atoms with Gasteiger partial charge in [0.05, 0.1) is 6.07 Å². The minimum absolute atomic E-state index is 0.656. The number of fused-ring (bicyclic) bond motifs is 1. The van der Waals surface area contributed by atoms with E-state index in [9.17, 15) is 0 Å². The van der Waals surface area contributed by atoms with Crippen LogP contribution in [0.25, 0.3) is 16.5 Å².